The van der Waals surface area contributed by atoms with Crippen LogP contribution in [0.5, 0.6) is 0 Å². The van der Waals surface area contributed by atoms with Gasteiger partial charge in [0.15, 0.2) is 19.7 Å². The molecule has 2 fully saturated rings. The summed E-state index contributed by atoms with van der Waals surface area (Å²) in [6.45, 7) is 11.2. The van der Waals surface area contributed by atoms with Crippen LogP contribution in [0.15, 0.2) is 95.8 Å². The predicted molar refractivity (Wildman–Crippen MR) is 187 cm³/mol. The molecule has 2 aliphatic heterocycles. The summed E-state index contributed by atoms with van der Waals surface area (Å²) in [5.41, 5.74) is 5.48. The quantitative estimate of drug-likeness (QED) is 0.189. The van der Waals surface area contributed by atoms with E-state index in [4.69, 9.17) is 20.3 Å². The molecule has 10 atom stereocenters. The van der Waals surface area contributed by atoms with Crippen molar-refractivity contribution >= 4 is 19.7 Å². The van der Waals surface area contributed by atoms with E-state index in [1.807, 2.05) is 13.8 Å². The van der Waals surface area contributed by atoms with Crippen molar-refractivity contribution in [1.82, 2.24) is 0 Å². The number of hydrogen-bond acceptors (Lipinski definition) is 10. The Hall–Kier alpha value is -2.42. The van der Waals surface area contributed by atoms with Gasteiger partial charge in [-0.3, -0.25) is 0 Å². The molecule has 4 rings (SSSR count). The molecule has 48 heavy (non-hydrogen) atoms. The van der Waals surface area contributed by atoms with Crippen LogP contribution >= 0.6 is 0 Å². The van der Waals surface area contributed by atoms with Gasteiger partial charge in [-0.1, -0.05) is 62.4 Å². The average Bonchev–Trinajstić information content (AvgIpc) is 3.51. The Morgan fingerprint density at radius 3 is 1.42 bits per heavy atom. The molecule has 2 saturated heterocycles. The molecule has 10 nitrogen and oxygen atoms in total. The Morgan fingerprint density at radius 2 is 1.08 bits per heavy atom. The summed E-state index contributed by atoms with van der Waals surface area (Å²) >= 11 is 0. The number of ether oxygens (including phenoxy) is 2. The van der Waals surface area contributed by atoms with Crippen LogP contribution in [0.25, 0.3) is 0 Å². The van der Waals surface area contributed by atoms with Gasteiger partial charge in [0.2, 0.25) is 0 Å². The van der Waals surface area contributed by atoms with Crippen LogP contribution in [-0.4, -0.2) is 93.4 Å². The summed E-state index contributed by atoms with van der Waals surface area (Å²) < 4.78 is 62.8. The van der Waals surface area contributed by atoms with Gasteiger partial charge in [0.05, 0.1) is 64.5 Å². The van der Waals surface area contributed by atoms with E-state index >= 15 is 0 Å². The van der Waals surface area contributed by atoms with Gasteiger partial charge in [-0.2, -0.15) is 0 Å². The first-order valence-electron chi connectivity index (χ1n) is 16.5. The third kappa shape index (κ3) is 10.8. The van der Waals surface area contributed by atoms with E-state index in [1.165, 1.54) is 0 Å². The Bertz CT molecular complexity index is 1370. The minimum atomic E-state index is -3.41. The maximum absolute atomic E-state index is 12.7. The summed E-state index contributed by atoms with van der Waals surface area (Å²) in [7, 11) is -6.80. The SMILES string of the molecule is C=CC[C@@H]1O[C@H](C[C@H](O)CN)[C@H](C)[C@H]1CS(=O)(=O)c1ccccc1.C=CC[C@@H]1O[C@H](C[C@H](O)CO)[C@H](C)[C@H]1CS(=O)(=O)c1ccccc1. The smallest absolute Gasteiger partial charge is 0.178 e. The molecule has 0 radical (unpaired) electrons. The lowest BCUT2D eigenvalue weighted by Crippen LogP contribution is -2.30. The Labute approximate surface area is 286 Å². The molecule has 0 bridgehead atoms. The Balaban J connectivity index is 0.000000260. The van der Waals surface area contributed by atoms with E-state index in [-0.39, 0.29) is 72.7 Å². The summed E-state index contributed by atoms with van der Waals surface area (Å²) in [6, 6.07) is 16.9. The van der Waals surface area contributed by atoms with Crippen molar-refractivity contribution in [2.75, 3.05) is 24.7 Å². The molecule has 2 aromatic rings. The molecule has 12 heteroatoms. The largest absolute Gasteiger partial charge is 0.394 e. The van der Waals surface area contributed by atoms with Gasteiger partial charge < -0.3 is 30.5 Å². The molecule has 0 aromatic heterocycles. The summed E-state index contributed by atoms with van der Waals surface area (Å²) in [6.07, 6.45) is 2.96. The highest BCUT2D eigenvalue weighted by atomic mass is 32.2. The van der Waals surface area contributed by atoms with Crippen LogP contribution in [0.1, 0.15) is 39.5 Å². The first-order chi connectivity index (χ1) is 22.8. The Kier molecular flexibility index (Phi) is 15.5. The van der Waals surface area contributed by atoms with E-state index in [9.17, 15) is 27.0 Å². The van der Waals surface area contributed by atoms with E-state index < -0.39 is 31.9 Å². The summed E-state index contributed by atoms with van der Waals surface area (Å²) in [5, 5.41) is 28.5. The van der Waals surface area contributed by atoms with E-state index in [0.717, 1.165) is 0 Å². The van der Waals surface area contributed by atoms with Crippen molar-refractivity contribution in [2.45, 2.75) is 85.9 Å². The molecule has 2 aliphatic rings. The number of aliphatic hydroxyl groups is 3. The van der Waals surface area contributed by atoms with Gasteiger partial charge in [0, 0.05) is 31.2 Å². The van der Waals surface area contributed by atoms with Crippen LogP contribution in [0.3, 0.4) is 0 Å². The van der Waals surface area contributed by atoms with Crippen molar-refractivity contribution in [1.29, 1.82) is 0 Å². The minimum absolute atomic E-state index is 0.00239. The van der Waals surface area contributed by atoms with Gasteiger partial charge in [0.25, 0.3) is 0 Å². The monoisotopic (exact) mass is 707 g/mol. The standard InChI is InChI=1S/C18H27NO4S.C18H26O5S/c2*1-3-7-17-16(13(2)18(23-17)10-14(20)11-19)12-24(21,22)15-8-5-4-6-9-15/h3-6,8-9,13-14,16-18,20H,1,7,10-12,19H2,2H3;3-6,8-9,13-14,16-20H,1,7,10-12H2,2H3/t2*13-,14+,16-,17+,18-/m11/s1. The predicted octanol–water partition coefficient (Wildman–Crippen LogP) is 3.57. The first-order valence-corrected chi connectivity index (χ1v) is 19.8. The topological polar surface area (TPSA) is 173 Å². The van der Waals surface area contributed by atoms with Gasteiger partial charge in [-0.15, -0.1) is 13.2 Å². The number of rotatable bonds is 16. The number of nitrogens with two attached hydrogens (primary N) is 1. The second kappa shape index (κ2) is 18.5. The average molecular weight is 708 g/mol. The van der Waals surface area contributed by atoms with Crippen LogP contribution in [0.2, 0.25) is 0 Å². The molecular weight excluding hydrogens is 655 g/mol. The molecule has 0 aliphatic carbocycles. The maximum atomic E-state index is 12.7. The van der Waals surface area contributed by atoms with Crippen LogP contribution in [0, 0.1) is 23.7 Å². The molecule has 2 heterocycles. The van der Waals surface area contributed by atoms with Gasteiger partial charge in [-0.05, 0) is 48.9 Å². The van der Waals surface area contributed by atoms with Gasteiger partial charge in [0.1, 0.15) is 0 Å². The zero-order valence-corrected chi connectivity index (χ0v) is 29.6. The van der Waals surface area contributed by atoms with E-state index in [1.54, 1.807) is 72.8 Å². The van der Waals surface area contributed by atoms with Crippen molar-refractivity contribution in [3.8, 4) is 0 Å². The van der Waals surface area contributed by atoms with Crippen LogP contribution in [0.4, 0.5) is 0 Å². The number of benzene rings is 2. The molecule has 0 amide bonds. The van der Waals surface area contributed by atoms with Gasteiger partial charge in [-0.25, -0.2) is 16.8 Å². The highest BCUT2D eigenvalue weighted by molar-refractivity contribution is 7.91. The lowest BCUT2D eigenvalue weighted by atomic mass is 9.87. The fourth-order valence-electron chi connectivity index (χ4n) is 6.64. The summed E-state index contributed by atoms with van der Waals surface area (Å²) in [5.74, 6) is -0.287. The maximum Gasteiger partial charge on any atom is 0.178 e. The first kappa shape index (κ1) is 40.0. The fourth-order valence-corrected chi connectivity index (χ4v) is 10.2. The minimum Gasteiger partial charge on any atom is -0.394 e. The zero-order valence-electron chi connectivity index (χ0n) is 28.0. The molecule has 2 aromatic carbocycles. The molecule has 5 N–H and O–H groups in total. The normalized spacial score (nSPS) is 28.6. The fraction of sp³-hybridized carbons (Fsp3) is 0.556. The highest BCUT2D eigenvalue weighted by Crippen LogP contribution is 2.39. The summed E-state index contributed by atoms with van der Waals surface area (Å²) in [4.78, 5) is 0.647. The number of aliphatic hydroxyl groups excluding tert-OH is 3. The van der Waals surface area contributed by atoms with Crippen LogP contribution in [-0.2, 0) is 29.1 Å². The van der Waals surface area contributed by atoms with Crippen molar-refractivity contribution < 1.29 is 41.6 Å². The molecular formula is C36H53NO9S2. The molecule has 0 unspecified atom stereocenters. The highest BCUT2D eigenvalue weighted by Gasteiger charge is 2.45. The van der Waals surface area contributed by atoms with Crippen LogP contribution < -0.4 is 5.73 Å². The second-order valence-electron chi connectivity index (χ2n) is 12.9. The van der Waals surface area contributed by atoms with E-state index in [2.05, 4.69) is 13.2 Å². The lowest BCUT2D eigenvalue weighted by Gasteiger charge is -2.21. The molecule has 0 spiro atoms. The lowest BCUT2D eigenvalue weighted by molar-refractivity contribution is -0.0111. The zero-order chi connectivity index (χ0) is 35.5. The third-order valence-electron chi connectivity index (χ3n) is 9.50. The van der Waals surface area contributed by atoms with Crippen molar-refractivity contribution in [3.05, 3.63) is 86.0 Å². The third-order valence-corrected chi connectivity index (χ3v) is 13.1. The van der Waals surface area contributed by atoms with Gasteiger partial charge >= 0.3 is 0 Å². The van der Waals surface area contributed by atoms with Crippen molar-refractivity contribution in [2.24, 2.45) is 29.4 Å². The van der Waals surface area contributed by atoms with E-state index in [0.29, 0.717) is 35.5 Å². The number of hydrogen-bond donors (Lipinski definition) is 4. The van der Waals surface area contributed by atoms with Crippen molar-refractivity contribution in [3.63, 3.8) is 0 Å². The number of sulfone groups is 2. The molecule has 0 saturated carbocycles. The Morgan fingerprint density at radius 1 is 0.708 bits per heavy atom. The second-order valence-corrected chi connectivity index (χ2v) is 17.0. The molecule has 268 valence electrons.